The van der Waals surface area contributed by atoms with E-state index in [9.17, 15) is 14.4 Å². The van der Waals surface area contributed by atoms with E-state index in [-0.39, 0.29) is 44.3 Å². The van der Waals surface area contributed by atoms with Crippen LogP contribution in [0.5, 0.6) is 0 Å². The number of carbonyl (C=O) groups is 3. The number of hydrogen-bond acceptors (Lipinski definition) is 7. The minimum atomic E-state index is -0.300. The van der Waals surface area contributed by atoms with Gasteiger partial charge in [-0.15, -0.1) is 0 Å². The Morgan fingerprint density at radius 3 is 1.31 bits per heavy atom. The first-order chi connectivity index (χ1) is 21.9. The van der Waals surface area contributed by atoms with E-state index in [0.717, 1.165) is 38.5 Å². The normalized spacial score (nSPS) is 11.2. The van der Waals surface area contributed by atoms with E-state index in [1.807, 2.05) is 19.0 Å². The number of amides is 1. The molecule has 0 radical (unpaired) electrons. The second kappa shape index (κ2) is 33.7. The number of ether oxygens (including phenoxy) is 3. The molecule has 0 spiro atoms. The molecular weight excluding hydrogens is 568 g/mol. The van der Waals surface area contributed by atoms with Crippen LogP contribution in [-0.4, -0.2) is 81.4 Å². The number of rotatable bonds is 34. The molecule has 0 aliphatic heterocycles. The van der Waals surface area contributed by atoms with Crippen molar-refractivity contribution in [1.29, 1.82) is 0 Å². The van der Waals surface area contributed by atoms with Crippen LogP contribution in [0.2, 0.25) is 0 Å². The van der Waals surface area contributed by atoms with Gasteiger partial charge < -0.3 is 24.0 Å². The van der Waals surface area contributed by atoms with Gasteiger partial charge in [0.25, 0.3) is 5.91 Å². The Labute approximate surface area is 277 Å². The third kappa shape index (κ3) is 32.1. The highest BCUT2D eigenvalue weighted by Crippen LogP contribution is 2.13. The van der Waals surface area contributed by atoms with Gasteiger partial charge in [0.15, 0.2) is 6.73 Å². The second-order valence-electron chi connectivity index (χ2n) is 13.0. The van der Waals surface area contributed by atoms with Crippen LogP contribution in [0.3, 0.4) is 0 Å². The molecule has 0 aliphatic rings. The molecule has 266 valence electrons. The van der Waals surface area contributed by atoms with Crippen LogP contribution in [0.15, 0.2) is 0 Å². The monoisotopic (exact) mass is 641 g/mol. The van der Waals surface area contributed by atoms with E-state index in [2.05, 4.69) is 13.8 Å². The number of likely N-dealkylation sites (N-methyl/N-ethyl adjacent to an activating group) is 1. The summed E-state index contributed by atoms with van der Waals surface area (Å²) in [5.74, 6) is -0.822. The van der Waals surface area contributed by atoms with Gasteiger partial charge in [-0.1, -0.05) is 142 Å². The predicted molar refractivity (Wildman–Crippen MR) is 185 cm³/mol. The summed E-state index contributed by atoms with van der Waals surface area (Å²) in [7, 11) is 3.88. The van der Waals surface area contributed by atoms with Crippen LogP contribution < -0.4 is 0 Å². The molecule has 8 nitrogen and oxygen atoms in total. The number of carbonyl (C=O) groups excluding carboxylic acids is 3. The maximum absolute atomic E-state index is 12.8. The van der Waals surface area contributed by atoms with E-state index in [1.165, 1.54) is 108 Å². The summed E-state index contributed by atoms with van der Waals surface area (Å²) in [5.41, 5.74) is 0. The molecule has 0 aromatic rings. The molecule has 0 heterocycles. The summed E-state index contributed by atoms with van der Waals surface area (Å²) >= 11 is 0. The highest BCUT2D eigenvalue weighted by molar-refractivity contribution is 5.78. The Morgan fingerprint density at radius 2 is 0.889 bits per heavy atom. The molecule has 0 atom stereocenters. The van der Waals surface area contributed by atoms with Crippen molar-refractivity contribution in [2.75, 3.05) is 53.7 Å². The zero-order valence-corrected chi connectivity index (χ0v) is 30.1. The molecule has 45 heavy (non-hydrogen) atoms. The van der Waals surface area contributed by atoms with Crippen LogP contribution in [0.4, 0.5) is 0 Å². The first-order valence-electron chi connectivity index (χ1n) is 18.7. The third-order valence-electron chi connectivity index (χ3n) is 8.24. The van der Waals surface area contributed by atoms with Gasteiger partial charge in [-0.05, 0) is 26.9 Å². The smallest absolute Gasteiger partial charge is 0.307 e. The topological polar surface area (TPSA) is 85.4 Å². The molecule has 0 aromatic carbocycles. The lowest BCUT2D eigenvalue weighted by Crippen LogP contribution is -2.39. The molecule has 0 saturated heterocycles. The van der Waals surface area contributed by atoms with Gasteiger partial charge in [0.1, 0.15) is 13.2 Å². The highest BCUT2D eigenvalue weighted by atomic mass is 16.6. The Kier molecular flexibility index (Phi) is 32.4. The standard InChI is InChI=1S/C37H72N2O6/c1-5-7-9-11-13-15-17-19-21-23-25-27-36(41)44-32-30-39(35(40)33-43-31-29-38(3)4)34-45-37(42)28-26-24-22-20-18-16-14-12-10-8-6-2/h5-34H2,1-4H3. The average molecular weight is 641 g/mol. The average Bonchev–Trinajstić information content (AvgIpc) is 3.02. The van der Waals surface area contributed by atoms with Crippen molar-refractivity contribution in [3.8, 4) is 0 Å². The SMILES string of the molecule is CCCCCCCCCCCCCC(=O)OCCN(COC(=O)CCCCCCCCCCCCC)C(=O)COCCN(C)C. The minimum Gasteiger partial charge on any atom is -0.464 e. The van der Waals surface area contributed by atoms with Crippen molar-refractivity contribution >= 4 is 17.8 Å². The summed E-state index contributed by atoms with van der Waals surface area (Å²) in [5, 5.41) is 0. The van der Waals surface area contributed by atoms with Crippen molar-refractivity contribution in [3.63, 3.8) is 0 Å². The van der Waals surface area contributed by atoms with Gasteiger partial charge >= 0.3 is 11.9 Å². The first kappa shape index (κ1) is 43.3. The van der Waals surface area contributed by atoms with E-state index >= 15 is 0 Å². The van der Waals surface area contributed by atoms with Gasteiger partial charge in [0.2, 0.25) is 0 Å². The lowest BCUT2D eigenvalue weighted by Gasteiger charge is -2.22. The van der Waals surface area contributed by atoms with Crippen molar-refractivity contribution < 1.29 is 28.6 Å². The van der Waals surface area contributed by atoms with Crippen LogP contribution in [-0.2, 0) is 28.6 Å². The predicted octanol–water partition coefficient (Wildman–Crippen LogP) is 8.84. The number of hydrogen-bond donors (Lipinski definition) is 0. The van der Waals surface area contributed by atoms with E-state index in [1.54, 1.807) is 0 Å². The van der Waals surface area contributed by atoms with Crippen LogP contribution in [0.1, 0.15) is 168 Å². The molecule has 0 aliphatic carbocycles. The second-order valence-corrected chi connectivity index (χ2v) is 13.0. The summed E-state index contributed by atoms with van der Waals surface area (Å²) in [6, 6.07) is 0. The number of nitrogens with zero attached hydrogens (tertiary/aromatic N) is 2. The molecule has 8 heteroatoms. The van der Waals surface area contributed by atoms with Gasteiger partial charge in [-0.3, -0.25) is 14.4 Å². The van der Waals surface area contributed by atoms with E-state index in [0.29, 0.717) is 26.0 Å². The molecule has 0 unspecified atom stereocenters. The summed E-state index contributed by atoms with van der Waals surface area (Å²) in [6.07, 6.45) is 27.7. The van der Waals surface area contributed by atoms with Gasteiger partial charge in [-0.2, -0.15) is 0 Å². The van der Waals surface area contributed by atoms with Crippen molar-refractivity contribution in [2.45, 2.75) is 168 Å². The third-order valence-corrected chi connectivity index (χ3v) is 8.24. The fourth-order valence-corrected chi connectivity index (χ4v) is 5.19. The highest BCUT2D eigenvalue weighted by Gasteiger charge is 2.17. The van der Waals surface area contributed by atoms with Gasteiger partial charge in [0, 0.05) is 19.4 Å². The molecule has 0 rings (SSSR count). The number of unbranched alkanes of at least 4 members (excludes halogenated alkanes) is 20. The zero-order valence-electron chi connectivity index (χ0n) is 30.1. The molecule has 0 N–H and O–H groups in total. The first-order valence-corrected chi connectivity index (χ1v) is 18.7. The van der Waals surface area contributed by atoms with Gasteiger partial charge in [-0.25, -0.2) is 0 Å². The fraction of sp³-hybridized carbons (Fsp3) is 0.919. The quantitative estimate of drug-likeness (QED) is 0.0395. The van der Waals surface area contributed by atoms with Crippen LogP contribution in [0.25, 0.3) is 0 Å². The van der Waals surface area contributed by atoms with Crippen molar-refractivity contribution in [2.24, 2.45) is 0 Å². The van der Waals surface area contributed by atoms with Crippen molar-refractivity contribution in [3.05, 3.63) is 0 Å². The molecule has 1 amide bonds. The Hall–Kier alpha value is -1.67. The zero-order chi connectivity index (χ0) is 33.2. The Bertz CT molecular complexity index is 688. The Balaban J connectivity index is 4.18. The molecule has 0 saturated carbocycles. The summed E-state index contributed by atoms with van der Waals surface area (Å²) < 4.78 is 16.3. The fourth-order valence-electron chi connectivity index (χ4n) is 5.19. The molecule has 0 fully saturated rings. The van der Waals surface area contributed by atoms with E-state index < -0.39 is 0 Å². The van der Waals surface area contributed by atoms with Crippen LogP contribution in [0, 0.1) is 0 Å². The lowest BCUT2D eigenvalue weighted by molar-refractivity contribution is -0.157. The molecule has 0 aromatic heterocycles. The maximum Gasteiger partial charge on any atom is 0.307 e. The lowest BCUT2D eigenvalue weighted by atomic mass is 10.1. The minimum absolute atomic E-state index is 0.0798. The summed E-state index contributed by atoms with van der Waals surface area (Å²) in [6.45, 7) is 5.63. The molecule has 0 bridgehead atoms. The summed E-state index contributed by atoms with van der Waals surface area (Å²) in [4.78, 5) is 40.7. The Morgan fingerprint density at radius 1 is 0.489 bits per heavy atom. The molecular formula is C37H72N2O6. The van der Waals surface area contributed by atoms with Gasteiger partial charge in [0.05, 0.1) is 13.2 Å². The maximum atomic E-state index is 12.8. The van der Waals surface area contributed by atoms with Crippen LogP contribution >= 0.6 is 0 Å². The van der Waals surface area contributed by atoms with E-state index in [4.69, 9.17) is 14.2 Å². The number of esters is 2. The largest absolute Gasteiger partial charge is 0.464 e. The van der Waals surface area contributed by atoms with Crippen molar-refractivity contribution in [1.82, 2.24) is 9.80 Å².